The van der Waals surface area contributed by atoms with Crippen molar-refractivity contribution in [3.8, 4) is 0 Å². The van der Waals surface area contributed by atoms with Crippen LogP contribution in [0.1, 0.15) is 38.5 Å². The number of nitrogens with two attached hydrogens (primary N) is 1. The summed E-state index contributed by atoms with van der Waals surface area (Å²) < 4.78 is 5.55. The second kappa shape index (κ2) is 6.53. The number of carbonyl (C=O) groups excluding carboxylic acids is 1. The average Bonchev–Trinajstić information content (AvgIpc) is 3.09. The first kappa shape index (κ1) is 13.8. The smallest absolute Gasteiger partial charge is 0.222 e. The van der Waals surface area contributed by atoms with Crippen molar-refractivity contribution >= 4 is 5.91 Å². The third-order valence-electron chi connectivity index (χ3n) is 4.20. The molecule has 2 aliphatic carbocycles. The Morgan fingerprint density at radius 2 is 2.11 bits per heavy atom. The molecule has 4 heteroatoms. The Balaban J connectivity index is 1.58. The summed E-state index contributed by atoms with van der Waals surface area (Å²) in [5, 5.41) is 0. The molecule has 104 valence electrons. The summed E-state index contributed by atoms with van der Waals surface area (Å²) >= 11 is 0. The maximum atomic E-state index is 12.0. The number of carbonyl (C=O) groups is 1. The molecule has 1 amide bonds. The van der Waals surface area contributed by atoms with Gasteiger partial charge in [-0.3, -0.25) is 4.79 Å². The molecule has 2 N–H and O–H groups in total. The minimum Gasteiger partial charge on any atom is -0.379 e. The molecule has 2 aliphatic rings. The SMILES string of the molecule is CN(CCOCC1CC1)C(=O)C[C@@H]1CCC[C@H]1N. The lowest BCUT2D eigenvalue weighted by molar-refractivity contribution is -0.131. The van der Waals surface area contributed by atoms with Crippen molar-refractivity contribution in [2.24, 2.45) is 17.6 Å². The zero-order valence-corrected chi connectivity index (χ0v) is 11.4. The fraction of sp³-hybridized carbons (Fsp3) is 0.929. The summed E-state index contributed by atoms with van der Waals surface area (Å²) in [6.45, 7) is 2.23. The zero-order valence-electron chi connectivity index (χ0n) is 11.4. The second-order valence-electron chi connectivity index (χ2n) is 5.89. The summed E-state index contributed by atoms with van der Waals surface area (Å²) in [7, 11) is 1.86. The second-order valence-corrected chi connectivity index (χ2v) is 5.89. The first-order valence-electron chi connectivity index (χ1n) is 7.24. The Hall–Kier alpha value is -0.610. The van der Waals surface area contributed by atoms with Crippen molar-refractivity contribution in [2.45, 2.75) is 44.6 Å². The van der Waals surface area contributed by atoms with E-state index in [1.54, 1.807) is 4.90 Å². The van der Waals surface area contributed by atoms with E-state index in [2.05, 4.69) is 0 Å². The van der Waals surface area contributed by atoms with Crippen molar-refractivity contribution in [1.82, 2.24) is 4.90 Å². The molecule has 0 saturated heterocycles. The summed E-state index contributed by atoms with van der Waals surface area (Å²) in [6, 6.07) is 0.230. The van der Waals surface area contributed by atoms with Crippen molar-refractivity contribution in [1.29, 1.82) is 0 Å². The molecule has 0 heterocycles. The minimum absolute atomic E-state index is 0.215. The normalized spacial score (nSPS) is 27.4. The van der Waals surface area contributed by atoms with Crippen LogP contribution in [0.25, 0.3) is 0 Å². The van der Waals surface area contributed by atoms with Crippen LogP contribution in [0.4, 0.5) is 0 Å². The highest BCUT2D eigenvalue weighted by molar-refractivity contribution is 5.76. The first-order valence-corrected chi connectivity index (χ1v) is 7.24. The lowest BCUT2D eigenvalue weighted by atomic mass is 9.99. The Kier molecular flexibility index (Phi) is 5.01. The Morgan fingerprint density at radius 1 is 1.33 bits per heavy atom. The predicted molar refractivity (Wildman–Crippen MR) is 71.1 cm³/mol. The van der Waals surface area contributed by atoms with Gasteiger partial charge in [0.15, 0.2) is 0 Å². The maximum Gasteiger partial charge on any atom is 0.222 e. The summed E-state index contributed by atoms with van der Waals surface area (Å²) in [4.78, 5) is 13.8. The zero-order chi connectivity index (χ0) is 13.0. The van der Waals surface area contributed by atoms with Gasteiger partial charge in [-0.25, -0.2) is 0 Å². The van der Waals surface area contributed by atoms with Gasteiger partial charge in [0, 0.05) is 32.7 Å². The molecule has 0 bridgehead atoms. The van der Waals surface area contributed by atoms with E-state index >= 15 is 0 Å². The van der Waals surface area contributed by atoms with Gasteiger partial charge in [-0.2, -0.15) is 0 Å². The standard InChI is InChI=1S/C14H26N2O2/c1-16(7-8-18-10-11-5-6-11)14(17)9-12-3-2-4-13(12)15/h11-13H,2-10,15H2,1H3/t12-,13+/m0/s1. The third kappa shape index (κ3) is 4.25. The maximum absolute atomic E-state index is 12.0. The summed E-state index contributed by atoms with van der Waals surface area (Å²) in [5.41, 5.74) is 5.99. The average molecular weight is 254 g/mol. The lowest BCUT2D eigenvalue weighted by Gasteiger charge is -2.21. The van der Waals surface area contributed by atoms with Crippen LogP contribution < -0.4 is 5.73 Å². The third-order valence-corrected chi connectivity index (χ3v) is 4.20. The molecule has 0 radical (unpaired) electrons. The van der Waals surface area contributed by atoms with Crippen LogP contribution in [0.5, 0.6) is 0 Å². The molecule has 2 atom stereocenters. The van der Waals surface area contributed by atoms with Gasteiger partial charge in [-0.05, 0) is 37.5 Å². The van der Waals surface area contributed by atoms with Gasteiger partial charge < -0.3 is 15.4 Å². The van der Waals surface area contributed by atoms with Crippen molar-refractivity contribution in [3.05, 3.63) is 0 Å². The largest absolute Gasteiger partial charge is 0.379 e. The number of amides is 1. The Morgan fingerprint density at radius 3 is 2.72 bits per heavy atom. The van der Waals surface area contributed by atoms with Gasteiger partial charge in [0.05, 0.1) is 6.61 Å². The van der Waals surface area contributed by atoms with Crippen LogP contribution in [-0.2, 0) is 9.53 Å². The van der Waals surface area contributed by atoms with Crippen molar-refractivity contribution < 1.29 is 9.53 Å². The van der Waals surface area contributed by atoms with Crippen LogP contribution in [0, 0.1) is 11.8 Å². The van der Waals surface area contributed by atoms with Gasteiger partial charge in [0.2, 0.25) is 5.91 Å². The molecular weight excluding hydrogens is 228 g/mol. The molecule has 4 nitrogen and oxygen atoms in total. The van der Waals surface area contributed by atoms with E-state index in [0.717, 1.165) is 25.4 Å². The Labute approximate surface area is 110 Å². The van der Waals surface area contributed by atoms with E-state index in [1.165, 1.54) is 19.3 Å². The monoisotopic (exact) mass is 254 g/mol. The molecule has 2 rings (SSSR count). The highest BCUT2D eigenvalue weighted by Crippen LogP contribution is 2.29. The van der Waals surface area contributed by atoms with Gasteiger partial charge in [-0.15, -0.1) is 0 Å². The van der Waals surface area contributed by atoms with Crippen LogP contribution in [0.15, 0.2) is 0 Å². The number of nitrogens with zero attached hydrogens (tertiary/aromatic N) is 1. The van der Waals surface area contributed by atoms with Crippen molar-refractivity contribution in [2.75, 3.05) is 26.8 Å². The van der Waals surface area contributed by atoms with E-state index in [-0.39, 0.29) is 11.9 Å². The summed E-state index contributed by atoms with van der Waals surface area (Å²) in [6.07, 6.45) is 6.60. The van der Waals surface area contributed by atoms with Crippen LogP contribution >= 0.6 is 0 Å². The highest BCUT2D eigenvalue weighted by atomic mass is 16.5. The van der Waals surface area contributed by atoms with Gasteiger partial charge in [0.25, 0.3) is 0 Å². The number of hydrogen-bond acceptors (Lipinski definition) is 3. The van der Waals surface area contributed by atoms with Crippen LogP contribution in [-0.4, -0.2) is 43.7 Å². The molecule has 0 aromatic rings. The lowest BCUT2D eigenvalue weighted by Crippen LogP contribution is -2.34. The number of ether oxygens (including phenoxy) is 1. The molecule has 2 saturated carbocycles. The molecule has 0 spiro atoms. The molecule has 18 heavy (non-hydrogen) atoms. The molecule has 0 aromatic heterocycles. The topological polar surface area (TPSA) is 55.6 Å². The molecule has 2 fully saturated rings. The minimum atomic E-state index is 0.215. The van der Waals surface area contributed by atoms with E-state index in [9.17, 15) is 4.79 Å². The van der Waals surface area contributed by atoms with Gasteiger partial charge in [-0.1, -0.05) is 6.42 Å². The van der Waals surface area contributed by atoms with E-state index in [4.69, 9.17) is 10.5 Å². The number of rotatable bonds is 7. The number of likely N-dealkylation sites (N-methyl/N-ethyl adjacent to an activating group) is 1. The van der Waals surface area contributed by atoms with Gasteiger partial charge >= 0.3 is 0 Å². The quantitative estimate of drug-likeness (QED) is 0.699. The van der Waals surface area contributed by atoms with Gasteiger partial charge in [0.1, 0.15) is 0 Å². The van der Waals surface area contributed by atoms with Crippen LogP contribution in [0.2, 0.25) is 0 Å². The molecule has 0 aromatic carbocycles. The fourth-order valence-electron chi connectivity index (χ4n) is 2.56. The van der Waals surface area contributed by atoms with E-state index in [0.29, 0.717) is 25.5 Å². The fourth-order valence-corrected chi connectivity index (χ4v) is 2.56. The number of hydrogen-bond donors (Lipinski definition) is 1. The summed E-state index contributed by atoms with van der Waals surface area (Å²) in [5.74, 6) is 1.40. The first-order chi connectivity index (χ1) is 8.66. The van der Waals surface area contributed by atoms with E-state index in [1.807, 2.05) is 7.05 Å². The Bertz CT molecular complexity index is 279. The van der Waals surface area contributed by atoms with E-state index < -0.39 is 0 Å². The van der Waals surface area contributed by atoms with Crippen molar-refractivity contribution in [3.63, 3.8) is 0 Å². The van der Waals surface area contributed by atoms with Crippen LogP contribution in [0.3, 0.4) is 0 Å². The molecular formula is C14H26N2O2. The molecule has 0 unspecified atom stereocenters. The molecule has 0 aliphatic heterocycles. The highest BCUT2D eigenvalue weighted by Gasteiger charge is 2.27. The predicted octanol–water partition coefficient (Wildman–Crippen LogP) is 1.39.